The maximum Gasteiger partial charge on any atom is 0.338 e. The number of unbranched alkanes of at least 4 members (excludes halogenated alkanes) is 3. The molecule has 0 unspecified atom stereocenters. The molecule has 7 heteroatoms. The van der Waals surface area contributed by atoms with Crippen molar-refractivity contribution < 1.29 is 17.9 Å². The Labute approximate surface area is 130 Å². The fraction of sp³-hybridized carbons (Fsp3) is 0.500. The number of halogens is 1. The molecule has 0 spiro atoms. The van der Waals surface area contributed by atoms with Crippen LogP contribution in [-0.2, 0) is 14.8 Å². The van der Waals surface area contributed by atoms with Gasteiger partial charge in [0.2, 0.25) is 10.0 Å². The summed E-state index contributed by atoms with van der Waals surface area (Å²) < 4.78 is 28.0. The van der Waals surface area contributed by atoms with Gasteiger partial charge in [0.05, 0.1) is 17.2 Å². The highest BCUT2D eigenvalue weighted by molar-refractivity contribution is 7.89. The number of nitrogens with two attached hydrogens (primary N) is 1. The van der Waals surface area contributed by atoms with Crippen LogP contribution in [0, 0.1) is 6.92 Å². The van der Waals surface area contributed by atoms with Crippen molar-refractivity contribution in [3.8, 4) is 0 Å². The van der Waals surface area contributed by atoms with Crippen molar-refractivity contribution in [3.05, 3.63) is 28.3 Å². The Balaban J connectivity index is 2.84. The molecule has 0 bridgehead atoms. The van der Waals surface area contributed by atoms with Crippen molar-refractivity contribution >= 4 is 27.6 Å². The summed E-state index contributed by atoms with van der Waals surface area (Å²) >= 11 is 5.90. The van der Waals surface area contributed by atoms with Gasteiger partial charge in [-0.15, -0.1) is 0 Å². The first kappa shape index (κ1) is 17.9. The van der Waals surface area contributed by atoms with Gasteiger partial charge >= 0.3 is 5.97 Å². The van der Waals surface area contributed by atoms with E-state index in [2.05, 4.69) is 6.92 Å². The molecular formula is C14H20ClNO4S. The van der Waals surface area contributed by atoms with E-state index in [1.807, 2.05) is 0 Å². The third kappa shape index (κ3) is 5.30. The van der Waals surface area contributed by atoms with Crippen LogP contribution < -0.4 is 5.14 Å². The molecule has 0 amide bonds. The van der Waals surface area contributed by atoms with Gasteiger partial charge in [0, 0.05) is 0 Å². The maximum atomic E-state index is 11.9. The molecule has 0 aliphatic heterocycles. The number of carbonyl (C=O) groups is 1. The third-order valence-corrected chi connectivity index (χ3v) is 4.54. The number of esters is 1. The van der Waals surface area contributed by atoms with Gasteiger partial charge in [-0.05, 0) is 31.0 Å². The average molecular weight is 334 g/mol. The lowest BCUT2D eigenvalue weighted by Crippen LogP contribution is -2.15. The van der Waals surface area contributed by atoms with Crippen LogP contribution in [-0.4, -0.2) is 21.0 Å². The highest BCUT2D eigenvalue weighted by Gasteiger charge is 2.19. The van der Waals surface area contributed by atoms with Crippen molar-refractivity contribution in [2.75, 3.05) is 6.61 Å². The lowest BCUT2D eigenvalue weighted by molar-refractivity contribution is 0.0497. The van der Waals surface area contributed by atoms with Crippen LogP contribution >= 0.6 is 11.6 Å². The first-order valence-corrected chi connectivity index (χ1v) is 8.70. The minimum Gasteiger partial charge on any atom is -0.462 e. The van der Waals surface area contributed by atoms with Gasteiger partial charge in [-0.1, -0.05) is 37.8 Å². The number of carbonyl (C=O) groups excluding carboxylic acids is 1. The molecule has 0 heterocycles. The van der Waals surface area contributed by atoms with Crippen LogP contribution in [0.4, 0.5) is 0 Å². The molecule has 1 aromatic rings. The van der Waals surface area contributed by atoms with E-state index in [1.54, 1.807) is 6.92 Å². The molecule has 118 valence electrons. The molecule has 0 aliphatic carbocycles. The van der Waals surface area contributed by atoms with Crippen LogP contribution in [0.15, 0.2) is 17.0 Å². The van der Waals surface area contributed by atoms with Gasteiger partial charge in [-0.3, -0.25) is 0 Å². The summed E-state index contributed by atoms with van der Waals surface area (Å²) in [6.45, 7) is 4.01. The SMILES string of the molecule is CCCCCCOC(=O)c1cc(C)c(Cl)c(S(N)(=O)=O)c1. The van der Waals surface area contributed by atoms with Gasteiger partial charge in [0.15, 0.2) is 0 Å². The number of hydrogen-bond donors (Lipinski definition) is 1. The third-order valence-electron chi connectivity index (χ3n) is 2.99. The van der Waals surface area contributed by atoms with Crippen LogP contribution in [0.5, 0.6) is 0 Å². The van der Waals surface area contributed by atoms with E-state index in [-0.39, 0.29) is 15.5 Å². The Hall–Kier alpha value is -1.11. The number of primary sulfonamides is 1. The highest BCUT2D eigenvalue weighted by Crippen LogP contribution is 2.26. The number of benzene rings is 1. The average Bonchev–Trinajstić information content (AvgIpc) is 2.39. The lowest BCUT2D eigenvalue weighted by Gasteiger charge is -2.09. The van der Waals surface area contributed by atoms with E-state index in [0.717, 1.165) is 31.7 Å². The molecule has 2 N–H and O–H groups in total. The number of hydrogen-bond acceptors (Lipinski definition) is 4. The van der Waals surface area contributed by atoms with E-state index in [9.17, 15) is 13.2 Å². The summed E-state index contributed by atoms with van der Waals surface area (Å²) in [6, 6.07) is 2.64. The number of sulfonamides is 1. The van der Waals surface area contributed by atoms with Gasteiger partial charge in [-0.2, -0.15) is 0 Å². The summed E-state index contributed by atoms with van der Waals surface area (Å²) in [5, 5.41) is 5.11. The second-order valence-corrected chi connectivity index (χ2v) is 6.75. The lowest BCUT2D eigenvalue weighted by atomic mass is 10.1. The van der Waals surface area contributed by atoms with Crippen LogP contribution in [0.3, 0.4) is 0 Å². The minimum absolute atomic E-state index is 0.0250. The van der Waals surface area contributed by atoms with Crippen molar-refractivity contribution in [2.45, 2.75) is 44.4 Å². The molecule has 1 rings (SSSR count). The first-order chi connectivity index (χ1) is 9.77. The summed E-state index contributed by atoms with van der Waals surface area (Å²) in [4.78, 5) is 11.7. The summed E-state index contributed by atoms with van der Waals surface area (Å²) in [6.07, 6.45) is 3.97. The van der Waals surface area contributed by atoms with Gasteiger partial charge in [-0.25, -0.2) is 18.4 Å². The Morgan fingerprint density at radius 1 is 1.29 bits per heavy atom. The van der Waals surface area contributed by atoms with E-state index in [1.165, 1.54) is 6.07 Å². The fourth-order valence-electron chi connectivity index (χ4n) is 1.84. The second kappa shape index (κ2) is 7.77. The minimum atomic E-state index is -3.98. The largest absolute Gasteiger partial charge is 0.462 e. The predicted molar refractivity (Wildman–Crippen MR) is 82.0 cm³/mol. The normalized spacial score (nSPS) is 11.4. The molecule has 0 fully saturated rings. The zero-order valence-corrected chi connectivity index (χ0v) is 13.8. The molecule has 0 saturated carbocycles. The summed E-state index contributed by atoms with van der Waals surface area (Å²) in [7, 11) is -3.98. The van der Waals surface area contributed by atoms with Crippen molar-refractivity contribution in [1.82, 2.24) is 0 Å². The molecule has 0 aromatic heterocycles. The smallest absolute Gasteiger partial charge is 0.338 e. The molecule has 0 radical (unpaired) electrons. The predicted octanol–water partition coefficient (Wildman–Crippen LogP) is 3.03. The standard InChI is InChI=1S/C14H20ClNO4S/c1-3-4-5-6-7-20-14(17)11-8-10(2)13(15)12(9-11)21(16,18)19/h8-9H,3-7H2,1-2H3,(H2,16,18,19). The topological polar surface area (TPSA) is 86.5 Å². The first-order valence-electron chi connectivity index (χ1n) is 6.77. The zero-order valence-electron chi connectivity index (χ0n) is 12.2. The molecule has 1 aromatic carbocycles. The van der Waals surface area contributed by atoms with Gasteiger partial charge in [0.1, 0.15) is 4.90 Å². The molecule has 5 nitrogen and oxygen atoms in total. The molecule has 21 heavy (non-hydrogen) atoms. The number of aryl methyl sites for hydroxylation is 1. The van der Waals surface area contributed by atoms with E-state index >= 15 is 0 Å². The Morgan fingerprint density at radius 2 is 1.95 bits per heavy atom. The molecule has 0 atom stereocenters. The quantitative estimate of drug-likeness (QED) is 0.613. The van der Waals surface area contributed by atoms with Gasteiger partial charge < -0.3 is 4.74 Å². The van der Waals surface area contributed by atoms with Crippen molar-refractivity contribution in [3.63, 3.8) is 0 Å². The van der Waals surface area contributed by atoms with E-state index < -0.39 is 16.0 Å². The zero-order chi connectivity index (χ0) is 16.0. The van der Waals surface area contributed by atoms with Crippen LogP contribution in [0.2, 0.25) is 5.02 Å². The van der Waals surface area contributed by atoms with Crippen LogP contribution in [0.1, 0.15) is 48.5 Å². The summed E-state index contributed by atoms with van der Waals surface area (Å²) in [5.74, 6) is -0.573. The second-order valence-electron chi connectivity index (χ2n) is 4.85. The molecule has 0 saturated heterocycles. The Kier molecular flexibility index (Phi) is 6.64. The Morgan fingerprint density at radius 3 is 2.52 bits per heavy atom. The molecule has 0 aliphatic rings. The van der Waals surface area contributed by atoms with E-state index in [0.29, 0.717) is 12.2 Å². The van der Waals surface area contributed by atoms with Gasteiger partial charge in [0.25, 0.3) is 0 Å². The summed E-state index contributed by atoms with van der Waals surface area (Å²) in [5.41, 5.74) is 0.595. The van der Waals surface area contributed by atoms with Crippen molar-refractivity contribution in [1.29, 1.82) is 0 Å². The molecular weight excluding hydrogens is 314 g/mol. The van der Waals surface area contributed by atoms with E-state index in [4.69, 9.17) is 21.5 Å². The monoisotopic (exact) mass is 333 g/mol. The van der Waals surface area contributed by atoms with Crippen molar-refractivity contribution in [2.24, 2.45) is 5.14 Å². The fourth-order valence-corrected chi connectivity index (χ4v) is 2.97. The van der Waals surface area contributed by atoms with Crippen LogP contribution in [0.25, 0.3) is 0 Å². The Bertz CT molecular complexity index is 614. The maximum absolute atomic E-state index is 11.9. The highest BCUT2D eigenvalue weighted by atomic mass is 35.5. The number of ether oxygens (including phenoxy) is 1. The number of rotatable bonds is 7.